The molecular weight excluding hydrogens is 189 g/mol. The van der Waals surface area contributed by atoms with Crippen LogP contribution in [0.4, 0.5) is 0 Å². The fourth-order valence-electron chi connectivity index (χ4n) is 0.150. The minimum absolute atomic E-state index is 0.111. The number of hydrogen-bond acceptors (Lipinski definition) is 2. The van der Waals surface area contributed by atoms with Gasteiger partial charge >= 0.3 is 0 Å². The molecule has 0 atom stereocenters. The van der Waals surface area contributed by atoms with Crippen LogP contribution in [-0.2, 0) is 4.79 Å². The van der Waals surface area contributed by atoms with Gasteiger partial charge in [-0.05, 0) is 6.08 Å². The van der Waals surface area contributed by atoms with E-state index in [-0.39, 0.29) is 17.1 Å². The van der Waals surface area contributed by atoms with Crippen molar-refractivity contribution in [1.29, 1.82) is 0 Å². The molecule has 0 aliphatic rings. The molecule has 0 aromatic rings. The van der Waals surface area contributed by atoms with Crippen molar-refractivity contribution < 1.29 is 9.90 Å². The summed E-state index contributed by atoms with van der Waals surface area (Å²) in [5, 5.41) is 10.1. The summed E-state index contributed by atoms with van der Waals surface area (Å²) in [4.78, 5) is 10.0. The van der Waals surface area contributed by atoms with E-state index in [9.17, 15) is 4.79 Å². The van der Waals surface area contributed by atoms with Crippen molar-refractivity contribution in [3.05, 3.63) is 23.7 Å². The molecule has 64 valence electrons. The van der Waals surface area contributed by atoms with Crippen LogP contribution in [0.25, 0.3) is 0 Å². The zero-order valence-corrected chi connectivity index (χ0v) is 7.32. The lowest BCUT2D eigenvalue weighted by atomic mass is 10.6. The van der Waals surface area contributed by atoms with Gasteiger partial charge in [0.25, 0.3) is 0 Å². The van der Waals surface area contributed by atoms with Gasteiger partial charge in [0.05, 0.1) is 4.49 Å². The number of halogens is 2. The molecule has 0 aliphatic carbocycles. The molecule has 0 aromatic heterocycles. The van der Waals surface area contributed by atoms with Gasteiger partial charge in [0.1, 0.15) is 6.73 Å². The molecule has 3 nitrogen and oxygen atoms in total. The highest BCUT2D eigenvalue weighted by molar-refractivity contribution is 6.55. The number of aliphatic hydroxyl groups is 1. The summed E-state index contributed by atoms with van der Waals surface area (Å²) in [7, 11) is 0. The van der Waals surface area contributed by atoms with Gasteiger partial charge in [0.15, 0.2) is 0 Å². The lowest BCUT2D eigenvalue weighted by molar-refractivity contribution is -0.117. The number of amides is 1. The summed E-state index contributed by atoms with van der Waals surface area (Å²) in [6.07, 6.45) is 1.09. The van der Waals surface area contributed by atoms with Crippen LogP contribution in [0.15, 0.2) is 23.7 Å². The highest BCUT2D eigenvalue weighted by atomic mass is 35.5. The molecule has 0 bridgehead atoms. The van der Waals surface area contributed by atoms with Crippen molar-refractivity contribution in [2.45, 2.75) is 0 Å². The third-order valence-electron chi connectivity index (χ3n) is 0.439. The van der Waals surface area contributed by atoms with Crippen molar-refractivity contribution in [3.63, 3.8) is 0 Å². The van der Waals surface area contributed by atoms with Gasteiger partial charge in [0.2, 0.25) is 5.91 Å². The van der Waals surface area contributed by atoms with Gasteiger partial charge in [-0.1, -0.05) is 36.4 Å². The first-order valence-electron chi connectivity index (χ1n) is 2.55. The summed E-state index contributed by atoms with van der Waals surface area (Å²) in [5.41, 5.74) is 0. The second kappa shape index (κ2) is 9.49. The first kappa shape index (κ1) is 13.1. The largest absolute Gasteiger partial charge is 0.376 e. The third kappa shape index (κ3) is 26.4. The summed E-state index contributed by atoms with van der Waals surface area (Å²) >= 11 is 9.69. The van der Waals surface area contributed by atoms with E-state index in [1.54, 1.807) is 0 Å². The Morgan fingerprint density at radius 3 is 2.09 bits per heavy atom. The molecule has 0 aromatic carbocycles. The topological polar surface area (TPSA) is 49.3 Å². The van der Waals surface area contributed by atoms with Gasteiger partial charge in [-0.25, -0.2) is 0 Å². The molecule has 0 unspecified atom stereocenters. The van der Waals surface area contributed by atoms with Crippen LogP contribution in [-0.4, -0.2) is 17.7 Å². The smallest absolute Gasteiger partial charge is 0.245 e. The second-order valence-electron chi connectivity index (χ2n) is 1.24. The van der Waals surface area contributed by atoms with Crippen molar-refractivity contribution >= 4 is 29.1 Å². The van der Waals surface area contributed by atoms with Gasteiger partial charge in [-0.3, -0.25) is 4.79 Å². The van der Waals surface area contributed by atoms with E-state index in [1.165, 1.54) is 0 Å². The molecule has 0 saturated heterocycles. The molecular formula is C6H9Cl2NO2. The fraction of sp³-hybridized carbons (Fsp3) is 0.167. The van der Waals surface area contributed by atoms with Crippen molar-refractivity contribution in [1.82, 2.24) is 5.32 Å². The predicted octanol–water partition coefficient (Wildman–Crippen LogP) is 1.17. The highest BCUT2D eigenvalue weighted by Gasteiger charge is 1.84. The quantitative estimate of drug-likeness (QED) is 0.516. The zero-order chi connectivity index (χ0) is 9.28. The predicted molar refractivity (Wildman–Crippen MR) is 46.3 cm³/mol. The van der Waals surface area contributed by atoms with Gasteiger partial charge in [0, 0.05) is 0 Å². The number of nitrogens with one attached hydrogen (secondary N) is 1. The summed E-state index contributed by atoms with van der Waals surface area (Å²) < 4.78 is 0.111. The van der Waals surface area contributed by atoms with E-state index in [0.717, 1.165) is 6.08 Å². The molecule has 0 radical (unpaired) electrons. The Labute approximate surface area is 75.3 Å². The Bertz CT molecular complexity index is 144. The number of carbonyl (C=O) groups is 1. The Hall–Kier alpha value is -0.510. The molecule has 5 heteroatoms. The van der Waals surface area contributed by atoms with Crippen LogP contribution in [0.1, 0.15) is 0 Å². The van der Waals surface area contributed by atoms with Crippen molar-refractivity contribution in [3.8, 4) is 0 Å². The first-order chi connectivity index (χ1) is 5.04. The average molecular weight is 198 g/mol. The molecule has 0 heterocycles. The normalized spacial score (nSPS) is 7.18. The molecule has 11 heavy (non-hydrogen) atoms. The zero-order valence-electron chi connectivity index (χ0n) is 5.81. The summed E-state index contributed by atoms with van der Waals surface area (Å²) in [6.45, 7) is 5.91. The molecule has 0 aliphatic heterocycles. The molecule has 0 fully saturated rings. The van der Waals surface area contributed by atoms with E-state index in [0.29, 0.717) is 0 Å². The maximum absolute atomic E-state index is 10.0. The number of hydrogen-bond donors (Lipinski definition) is 2. The Morgan fingerprint density at radius 1 is 1.64 bits per heavy atom. The Balaban J connectivity index is 0. The maximum Gasteiger partial charge on any atom is 0.245 e. The third-order valence-corrected chi connectivity index (χ3v) is 0.439. The molecule has 2 N–H and O–H groups in total. The maximum atomic E-state index is 10.0. The molecule has 0 saturated carbocycles. The van der Waals surface area contributed by atoms with Crippen LogP contribution >= 0.6 is 23.2 Å². The molecule has 0 spiro atoms. The Kier molecular flexibility index (Phi) is 11.3. The lowest BCUT2D eigenvalue weighted by Crippen LogP contribution is -2.20. The summed E-state index contributed by atoms with van der Waals surface area (Å²) in [5.74, 6) is -0.359. The van der Waals surface area contributed by atoms with Crippen LogP contribution in [0, 0.1) is 0 Å². The van der Waals surface area contributed by atoms with Crippen LogP contribution in [0.3, 0.4) is 0 Å². The number of aliphatic hydroxyl groups excluding tert-OH is 1. The standard InChI is InChI=1S/C4H7NO2.C2H2Cl2/c1-2-4(7)5-3-6;1-2(3)4/h2,6H,1,3H2,(H,5,7);1H2. The van der Waals surface area contributed by atoms with E-state index in [4.69, 9.17) is 28.3 Å². The number of rotatable bonds is 2. The highest BCUT2D eigenvalue weighted by Crippen LogP contribution is 1.98. The SMILES string of the molecule is C=C(Cl)Cl.C=CC(=O)NCO. The van der Waals surface area contributed by atoms with Gasteiger partial charge < -0.3 is 10.4 Å². The number of carbonyl (C=O) groups excluding carboxylic acids is 1. The Morgan fingerprint density at radius 2 is 2.00 bits per heavy atom. The van der Waals surface area contributed by atoms with E-state index in [1.807, 2.05) is 0 Å². The van der Waals surface area contributed by atoms with Crippen LogP contribution in [0.5, 0.6) is 0 Å². The van der Waals surface area contributed by atoms with E-state index >= 15 is 0 Å². The fourth-order valence-corrected chi connectivity index (χ4v) is 0.150. The minimum atomic E-state index is -0.359. The van der Waals surface area contributed by atoms with Crippen molar-refractivity contribution in [2.75, 3.05) is 6.73 Å². The van der Waals surface area contributed by atoms with Crippen molar-refractivity contribution in [2.24, 2.45) is 0 Å². The van der Waals surface area contributed by atoms with Crippen LogP contribution < -0.4 is 5.32 Å². The van der Waals surface area contributed by atoms with E-state index < -0.39 is 0 Å². The molecule has 0 rings (SSSR count). The van der Waals surface area contributed by atoms with Gasteiger partial charge in [-0.2, -0.15) is 0 Å². The van der Waals surface area contributed by atoms with E-state index in [2.05, 4.69) is 18.5 Å². The monoisotopic (exact) mass is 197 g/mol. The first-order valence-corrected chi connectivity index (χ1v) is 3.31. The average Bonchev–Trinajstić information content (AvgIpc) is 1.87. The van der Waals surface area contributed by atoms with Crippen LogP contribution in [0.2, 0.25) is 0 Å². The minimum Gasteiger partial charge on any atom is -0.376 e. The lowest BCUT2D eigenvalue weighted by Gasteiger charge is -1.89. The summed E-state index contributed by atoms with van der Waals surface area (Å²) in [6, 6.07) is 0. The van der Waals surface area contributed by atoms with Gasteiger partial charge in [-0.15, -0.1) is 0 Å². The second-order valence-corrected chi connectivity index (χ2v) is 2.35. The molecule has 1 amide bonds.